The molecule has 30 heavy (non-hydrogen) atoms. The molecule has 3 atom stereocenters. The molecule has 1 aromatic rings. The number of guanidine groups is 1. The average Bonchev–Trinajstić information content (AvgIpc) is 3.30. The maximum atomic E-state index is 12.2. The molecule has 0 aromatic heterocycles. The van der Waals surface area contributed by atoms with Gasteiger partial charge in [-0.05, 0) is 43.9 Å². The molecule has 3 unspecified atom stereocenters. The van der Waals surface area contributed by atoms with Crippen molar-refractivity contribution >= 4 is 35.8 Å². The van der Waals surface area contributed by atoms with E-state index in [1.807, 2.05) is 31.2 Å². The first-order valence-corrected chi connectivity index (χ1v) is 10.7. The summed E-state index contributed by atoms with van der Waals surface area (Å²) in [4.78, 5) is 18.9. The fraction of sp³-hybridized carbons (Fsp3) is 0.636. The second-order valence-corrected chi connectivity index (χ2v) is 7.79. The zero-order valence-electron chi connectivity index (χ0n) is 18.2. The average molecular weight is 530 g/mol. The van der Waals surface area contributed by atoms with Gasteiger partial charge < -0.3 is 25.0 Å². The van der Waals surface area contributed by atoms with Gasteiger partial charge >= 0.3 is 0 Å². The Kier molecular flexibility index (Phi) is 10.3. The summed E-state index contributed by atoms with van der Waals surface area (Å²) in [5.41, 5.74) is 1.79. The van der Waals surface area contributed by atoms with E-state index in [0.717, 1.165) is 50.5 Å². The molecule has 168 valence electrons. The first-order valence-electron chi connectivity index (χ1n) is 10.7. The molecule has 2 aliphatic heterocycles. The van der Waals surface area contributed by atoms with E-state index in [1.54, 1.807) is 7.05 Å². The Morgan fingerprint density at radius 3 is 2.60 bits per heavy atom. The van der Waals surface area contributed by atoms with Crippen molar-refractivity contribution in [1.82, 2.24) is 15.5 Å². The van der Waals surface area contributed by atoms with Crippen LogP contribution in [0.15, 0.2) is 29.3 Å². The molecule has 7 nitrogen and oxygen atoms in total. The van der Waals surface area contributed by atoms with E-state index >= 15 is 0 Å². The van der Waals surface area contributed by atoms with Gasteiger partial charge in [0.1, 0.15) is 6.10 Å². The summed E-state index contributed by atoms with van der Waals surface area (Å²) >= 11 is 0. The lowest BCUT2D eigenvalue weighted by Crippen LogP contribution is -2.53. The van der Waals surface area contributed by atoms with Gasteiger partial charge in [-0.2, -0.15) is 0 Å². The van der Waals surface area contributed by atoms with E-state index in [9.17, 15) is 4.79 Å². The topological polar surface area (TPSA) is 75.2 Å². The lowest BCUT2D eigenvalue weighted by Gasteiger charge is -2.37. The first kappa shape index (κ1) is 24.9. The summed E-state index contributed by atoms with van der Waals surface area (Å²) in [5.74, 6) is 0.845. The summed E-state index contributed by atoms with van der Waals surface area (Å²) in [5, 5.41) is 6.43. The molecular weight excluding hydrogens is 495 g/mol. The maximum Gasteiger partial charge on any atom is 0.251 e. The van der Waals surface area contributed by atoms with Gasteiger partial charge in [0, 0.05) is 44.9 Å². The Morgan fingerprint density at radius 1 is 1.23 bits per heavy atom. The number of aliphatic imine (C=N–C) groups is 1. The number of nitrogens with zero attached hydrogens (tertiary/aromatic N) is 2. The van der Waals surface area contributed by atoms with E-state index in [1.165, 1.54) is 0 Å². The number of hydrogen-bond acceptors (Lipinski definition) is 4. The largest absolute Gasteiger partial charge is 0.375 e. The monoisotopic (exact) mass is 530 g/mol. The highest BCUT2D eigenvalue weighted by Gasteiger charge is 2.32. The molecule has 0 radical (unpaired) electrons. The molecule has 2 heterocycles. The van der Waals surface area contributed by atoms with Gasteiger partial charge in [0.25, 0.3) is 5.91 Å². The zero-order valence-corrected chi connectivity index (χ0v) is 20.6. The molecule has 0 bridgehead atoms. The minimum Gasteiger partial charge on any atom is -0.375 e. The van der Waals surface area contributed by atoms with Crippen LogP contribution in [0.5, 0.6) is 0 Å². The molecule has 2 aliphatic rings. The number of halogens is 1. The van der Waals surface area contributed by atoms with Crippen LogP contribution in [0.1, 0.15) is 49.0 Å². The number of nitrogens with one attached hydrogen (secondary N) is 2. The van der Waals surface area contributed by atoms with Crippen LogP contribution in [0.3, 0.4) is 0 Å². The highest BCUT2D eigenvalue weighted by Crippen LogP contribution is 2.21. The van der Waals surface area contributed by atoms with Crippen molar-refractivity contribution in [2.75, 3.05) is 33.4 Å². The summed E-state index contributed by atoms with van der Waals surface area (Å²) in [6.07, 6.45) is 3.41. The number of carbonyl (C=O) groups is 1. The summed E-state index contributed by atoms with van der Waals surface area (Å²) in [6.45, 7) is 7.85. The van der Waals surface area contributed by atoms with E-state index in [4.69, 9.17) is 9.47 Å². The van der Waals surface area contributed by atoms with E-state index in [2.05, 4.69) is 27.4 Å². The Balaban J connectivity index is 0.00000320. The number of hydrogen-bond donors (Lipinski definition) is 2. The molecule has 2 saturated heterocycles. The third kappa shape index (κ3) is 6.81. The molecule has 0 saturated carbocycles. The minimum absolute atomic E-state index is 0. The van der Waals surface area contributed by atoms with Crippen LogP contribution in [0, 0.1) is 0 Å². The quantitative estimate of drug-likeness (QED) is 0.336. The van der Waals surface area contributed by atoms with Crippen LogP contribution < -0.4 is 10.6 Å². The molecule has 2 fully saturated rings. The number of morpholine rings is 1. The fourth-order valence-corrected chi connectivity index (χ4v) is 3.69. The molecule has 3 rings (SSSR count). The number of benzene rings is 1. The van der Waals surface area contributed by atoms with Gasteiger partial charge in [0.05, 0.1) is 12.7 Å². The normalized spacial score (nSPS) is 22.9. The highest BCUT2D eigenvalue weighted by atomic mass is 127. The highest BCUT2D eigenvalue weighted by molar-refractivity contribution is 14.0. The van der Waals surface area contributed by atoms with Crippen molar-refractivity contribution in [3.63, 3.8) is 0 Å². The van der Waals surface area contributed by atoms with Crippen LogP contribution in [0.2, 0.25) is 0 Å². The van der Waals surface area contributed by atoms with Crippen molar-refractivity contribution in [1.29, 1.82) is 0 Å². The third-order valence-electron chi connectivity index (χ3n) is 5.64. The van der Waals surface area contributed by atoms with Gasteiger partial charge in [-0.25, -0.2) is 0 Å². The molecule has 8 heteroatoms. The number of amides is 1. The number of carbonyl (C=O) groups excluding carboxylic acids is 1. The number of ether oxygens (including phenoxy) is 2. The Labute approximate surface area is 197 Å². The minimum atomic E-state index is -0.0249. The van der Waals surface area contributed by atoms with Crippen LogP contribution in [-0.4, -0.2) is 68.4 Å². The van der Waals surface area contributed by atoms with E-state index in [-0.39, 0.29) is 48.1 Å². The molecule has 1 amide bonds. The Morgan fingerprint density at radius 2 is 1.97 bits per heavy atom. The molecule has 1 aromatic carbocycles. The third-order valence-corrected chi connectivity index (χ3v) is 5.64. The van der Waals surface area contributed by atoms with E-state index < -0.39 is 0 Å². The van der Waals surface area contributed by atoms with Crippen molar-refractivity contribution < 1.29 is 14.3 Å². The molecule has 0 spiro atoms. The van der Waals surface area contributed by atoms with Crippen LogP contribution in [-0.2, 0) is 16.0 Å². The summed E-state index contributed by atoms with van der Waals surface area (Å²) in [7, 11) is 1.81. The summed E-state index contributed by atoms with van der Waals surface area (Å²) in [6, 6.07) is 7.90. The van der Waals surface area contributed by atoms with Gasteiger partial charge in [0.15, 0.2) is 5.96 Å². The van der Waals surface area contributed by atoms with Crippen molar-refractivity contribution in [2.24, 2.45) is 4.99 Å². The smallest absolute Gasteiger partial charge is 0.251 e. The Hall–Kier alpha value is -1.39. The predicted molar refractivity (Wildman–Crippen MR) is 130 cm³/mol. The van der Waals surface area contributed by atoms with Crippen LogP contribution >= 0.6 is 24.0 Å². The Bertz CT molecular complexity index is 692. The fourth-order valence-electron chi connectivity index (χ4n) is 3.69. The van der Waals surface area contributed by atoms with Gasteiger partial charge in [0.2, 0.25) is 0 Å². The predicted octanol–water partition coefficient (Wildman–Crippen LogP) is 2.79. The van der Waals surface area contributed by atoms with Crippen molar-refractivity contribution in [3.8, 4) is 0 Å². The summed E-state index contributed by atoms with van der Waals surface area (Å²) < 4.78 is 11.7. The van der Waals surface area contributed by atoms with Gasteiger partial charge in [-0.15, -0.1) is 24.0 Å². The lowest BCUT2D eigenvalue weighted by atomic mass is 10.1. The molecular formula is C22H35IN4O3. The van der Waals surface area contributed by atoms with Crippen molar-refractivity contribution in [2.45, 2.75) is 57.9 Å². The van der Waals surface area contributed by atoms with Gasteiger partial charge in [-0.3, -0.25) is 9.79 Å². The zero-order chi connectivity index (χ0) is 20.6. The maximum absolute atomic E-state index is 12.2. The van der Waals surface area contributed by atoms with Crippen LogP contribution in [0.25, 0.3) is 0 Å². The first-order chi connectivity index (χ1) is 14.1. The lowest BCUT2D eigenvalue weighted by molar-refractivity contribution is -0.0817. The SMILES string of the molecule is CCC(C)NC(=O)c1ccc(CNC(=NC)N2CCOC(C3CCCO3)C2)cc1.I. The van der Waals surface area contributed by atoms with Gasteiger partial charge in [-0.1, -0.05) is 19.1 Å². The second kappa shape index (κ2) is 12.5. The van der Waals surface area contributed by atoms with Crippen LogP contribution in [0.4, 0.5) is 0 Å². The van der Waals surface area contributed by atoms with Crippen molar-refractivity contribution in [3.05, 3.63) is 35.4 Å². The number of rotatable bonds is 6. The standard InChI is InChI=1S/C22H34N4O3.HI/c1-4-16(2)25-21(27)18-9-7-17(8-10-18)14-24-22(23-3)26-11-13-29-20(15-26)19-6-5-12-28-19;/h7-10,16,19-20H,4-6,11-15H2,1-3H3,(H,23,24)(H,25,27);1H. The molecule has 2 N–H and O–H groups in total. The second-order valence-electron chi connectivity index (χ2n) is 7.79. The van der Waals surface area contributed by atoms with E-state index in [0.29, 0.717) is 18.7 Å². The molecule has 0 aliphatic carbocycles.